The van der Waals surface area contributed by atoms with E-state index in [0.29, 0.717) is 18.3 Å². The summed E-state index contributed by atoms with van der Waals surface area (Å²) < 4.78 is 5.34. The van der Waals surface area contributed by atoms with Crippen LogP contribution in [0.15, 0.2) is 24.8 Å². The molecule has 0 aromatic rings. The summed E-state index contributed by atoms with van der Waals surface area (Å²) in [6.07, 6.45) is 5.56. The van der Waals surface area contributed by atoms with Crippen molar-refractivity contribution in [1.29, 1.82) is 0 Å². The van der Waals surface area contributed by atoms with Gasteiger partial charge in [0.05, 0.1) is 6.42 Å². The van der Waals surface area contributed by atoms with E-state index in [1.807, 2.05) is 26.8 Å². The molecule has 2 nitrogen and oxygen atoms in total. The van der Waals surface area contributed by atoms with Crippen molar-refractivity contribution in [3.63, 3.8) is 0 Å². The maximum absolute atomic E-state index is 11.7. The number of carbonyl (C=O) groups is 1. The maximum atomic E-state index is 11.7. The first-order valence-electron chi connectivity index (χ1n) is 6.35. The quantitative estimate of drug-likeness (QED) is 0.547. The molecule has 1 fully saturated rings. The Morgan fingerprint density at radius 2 is 2.00 bits per heavy atom. The highest BCUT2D eigenvalue weighted by Crippen LogP contribution is 2.39. The molecule has 17 heavy (non-hydrogen) atoms. The standard InChI is InChI=1S/C15H24O2/c1-6-7-12-8-9-13(11(12)2)10-14(16)17-15(3,4)5/h6,12-13H,1-2,7-10H2,3-5H3/t12?,13-/m0/s1. The van der Waals surface area contributed by atoms with Gasteiger partial charge in [0.2, 0.25) is 0 Å². The fourth-order valence-electron chi connectivity index (χ4n) is 2.39. The van der Waals surface area contributed by atoms with E-state index in [-0.39, 0.29) is 5.97 Å². The minimum Gasteiger partial charge on any atom is -0.460 e. The summed E-state index contributed by atoms with van der Waals surface area (Å²) >= 11 is 0. The van der Waals surface area contributed by atoms with Crippen LogP contribution in [0.25, 0.3) is 0 Å². The summed E-state index contributed by atoms with van der Waals surface area (Å²) in [5.74, 6) is 0.706. The lowest BCUT2D eigenvalue weighted by molar-refractivity contribution is -0.155. The third-order valence-electron chi connectivity index (χ3n) is 3.20. The molecular weight excluding hydrogens is 212 g/mol. The Morgan fingerprint density at radius 1 is 1.41 bits per heavy atom. The number of esters is 1. The van der Waals surface area contributed by atoms with Crippen molar-refractivity contribution in [3.8, 4) is 0 Å². The molecule has 1 saturated carbocycles. The molecule has 0 amide bonds. The molecular formula is C15H24O2. The van der Waals surface area contributed by atoms with Crippen LogP contribution in [0.3, 0.4) is 0 Å². The van der Waals surface area contributed by atoms with Gasteiger partial charge in [-0.1, -0.05) is 18.2 Å². The van der Waals surface area contributed by atoms with Gasteiger partial charge in [-0.15, -0.1) is 6.58 Å². The summed E-state index contributed by atoms with van der Waals surface area (Å²) in [5, 5.41) is 0. The fourth-order valence-corrected chi connectivity index (χ4v) is 2.39. The summed E-state index contributed by atoms with van der Waals surface area (Å²) in [6.45, 7) is 13.6. The Kier molecular flexibility index (Phi) is 4.55. The fraction of sp³-hybridized carbons (Fsp3) is 0.667. The minimum absolute atomic E-state index is 0.108. The van der Waals surface area contributed by atoms with Crippen molar-refractivity contribution >= 4 is 5.97 Å². The van der Waals surface area contributed by atoms with Gasteiger partial charge in [-0.3, -0.25) is 4.79 Å². The molecule has 1 aliphatic carbocycles. The van der Waals surface area contributed by atoms with Gasteiger partial charge >= 0.3 is 5.97 Å². The average Bonchev–Trinajstić information content (AvgIpc) is 2.47. The molecule has 1 rings (SSSR count). The summed E-state index contributed by atoms with van der Waals surface area (Å²) in [5.41, 5.74) is 0.813. The monoisotopic (exact) mass is 236 g/mol. The lowest BCUT2D eigenvalue weighted by Gasteiger charge is -2.21. The van der Waals surface area contributed by atoms with Gasteiger partial charge in [-0.25, -0.2) is 0 Å². The molecule has 0 aromatic heterocycles. The minimum atomic E-state index is -0.391. The number of ether oxygens (including phenoxy) is 1. The van der Waals surface area contributed by atoms with Crippen molar-refractivity contribution in [1.82, 2.24) is 0 Å². The molecule has 0 aromatic carbocycles. The van der Waals surface area contributed by atoms with Crippen LogP contribution in [0.5, 0.6) is 0 Å². The highest BCUT2D eigenvalue weighted by atomic mass is 16.6. The van der Waals surface area contributed by atoms with Gasteiger partial charge in [0, 0.05) is 0 Å². The summed E-state index contributed by atoms with van der Waals surface area (Å²) in [7, 11) is 0. The highest BCUT2D eigenvalue weighted by molar-refractivity contribution is 5.70. The molecule has 0 spiro atoms. The second-order valence-corrected chi connectivity index (χ2v) is 5.86. The van der Waals surface area contributed by atoms with Gasteiger partial charge in [-0.2, -0.15) is 0 Å². The van der Waals surface area contributed by atoms with Gasteiger partial charge in [0.1, 0.15) is 5.60 Å². The molecule has 2 atom stereocenters. The second kappa shape index (κ2) is 5.52. The van der Waals surface area contributed by atoms with Crippen molar-refractivity contribution in [3.05, 3.63) is 24.8 Å². The topological polar surface area (TPSA) is 26.3 Å². The van der Waals surface area contributed by atoms with Crippen LogP contribution < -0.4 is 0 Å². The molecule has 0 N–H and O–H groups in total. The molecule has 0 aliphatic heterocycles. The van der Waals surface area contributed by atoms with Crippen LogP contribution in [0.1, 0.15) is 46.5 Å². The van der Waals surface area contributed by atoms with Gasteiger partial charge < -0.3 is 4.74 Å². The molecule has 1 aliphatic rings. The van der Waals surface area contributed by atoms with Crippen LogP contribution in [-0.4, -0.2) is 11.6 Å². The first kappa shape index (κ1) is 14.0. The molecule has 96 valence electrons. The third-order valence-corrected chi connectivity index (χ3v) is 3.20. The normalized spacial score (nSPS) is 24.8. The number of hydrogen-bond acceptors (Lipinski definition) is 2. The number of rotatable bonds is 4. The third kappa shape index (κ3) is 4.37. The maximum Gasteiger partial charge on any atom is 0.306 e. The Balaban J connectivity index is 2.46. The molecule has 0 heterocycles. The Labute approximate surface area is 105 Å². The van der Waals surface area contributed by atoms with Crippen LogP contribution >= 0.6 is 0 Å². The van der Waals surface area contributed by atoms with E-state index in [1.54, 1.807) is 0 Å². The lowest BCUT2D eigenvalue weighted by Crippen LogP contribution is -2.25. The first-order chi connectivity index (χ1) is 7.83. The van der Waals surface area contributed by atoms with Crippen LogP contribution in [0, 0.1) is 11.8 Å². The van der Waals surface area contributed by atoms with Crippen LogP contribution in [0.4, 0.5) is 0 Å². The van der Waals surface area contributed by atoms with Gasteiger partial charge in [-0.05, 0) is 51.9 Å². The van der Waals surface area contributed by atoms with E-state index in [0.717, 1.165) is 19.3 Å². The van der Waals surface area contributed by atoms with E-state index in [4.69, 9.17) is 4.74 Å². The molecule has 1 unspecified atom stereocenters. The highest BCUT2D eigenvalue weighted by Gasteiger charge is 2.30. The van der Waals surface area contributed by atoms with Crippen molar-refractivity contribution < 1.29 is 9.53 Å². The van der Waals surface area contributed by atoms with Crippen molar-refractivity contribution in [2.75, 3.05) is 0 Å². The average molecular weight is 236 g/mol. The molecule has 2 heteroatoms. The Morgan fingerprint density at radius 3 is 2.53 bits per heavy atom. The molecule has 0 saturated heterocycles. The number of carbonyl (C=O) groups excluding carboxylic acids is 1. The number of allylic oxidation sites excluding steroid dienone is 2. The number of hydrogen-bond donors (Lipinski definition) is 0. The molecule has 0 bridgehead atoms. The second-order valence-electron chi connectivity index (χ2n) is 5.86. The predicted octanol–water partition coefficient (Wildman–Crippen LogP) is 3.88. The summed E-state index contributed by atoms with van der Waals surface area (Å²) in [4.78, 5) is 11.7. The van der Waals surface area contributed by atoms with Crippen molar-refractivity contribution in [2.45, 2.75) is 52.1 Å². The first-order valence-corrected chi connectivity index (χ1v) is 6.35. The molecule has 0 radical (unpaired) electrons. The van der Waals surface area contributed by atoms with E-state index in [9.17, 15) is 4.79 Å². The lowest BCUT2D eigenvalue weighted by atomic mass is 9.94. The zero-order valence-corrected chi connectivity index (χ0v) is 11.3. The van der Waals surface area contributed by atoms with E-state index >= 15 is 0 Å². The van der Waals surface area contributed by atoms with E-state index in [1.165, 1.54) is 5.57 Å². The van der Waals surface area contributed by atoms with Gasteiger partial charge in [0.15, 0.2) is 0 Å². The predicted molar refractivity (Wildman–Crippen MR) is 70.6 cm³/mol. The largest absolute Gasteiger partial charge is 0.460 e. The Hall–Kier alpha value is -1.05. The van der Waals surface area contributed by atoms with E-state index in [2.05, 4.69) is 13.2 Å². The van der Waals surface area contributed by atoms with E-state index < -0.39 is 5.60 Å². The van der Waals surface area contributed by atoms with Crippen molar-refractivity contribution in [2.24, 2.45) is 11.8 Å². The van der Waals surface area contributed by atoms with Gasteiger partial charge in [0.25, 0.3) is 0 Å². The zero-order chi connectivity index (χ0) is 13.1. The van der Waals surface area contributed by atoms with Crippen LogP contribution in [-0.2, 0) is 9.53 Å². The SMILES string of the molecule is C=CCC1CC[C@@H](CC(=O)OC(C)(C)C)C1=C. The Bertz CT molecular complexity index is 309. The summed E-state index contributed by atoms with van der Waals surface area (Å²) in [6, 6.07) is 0. The van der Waals surface area contributed by atoms with Crippen LogP contribution in [0.2, 0.25) is 0 Å². The zero-order valence-electron chi connectivity index (χ0n) is 11.3. The smallest absolute Gasteiger partial charge is 0.306 e.